The Bertz CT molecular complexity index is 1450. The number of quaternary nitrogens is 1. The van der Waals surface area contributed by atoms with Crippen molar-refractivity contribution in [2.45, 2.75) is 33.2 Å². The van der Waals surface area contributed by atoms with Crippen LogP contribution in [-0.4, -0.2) is 44.5 Å². The maximum Gasteiger partial charge on any atom is 0.333 e. The number of benzene rings is 1. The Hall–Kier alpha value is -3.85. The molecule has 4 rings (SSSR count). The molecule has 0 fully saturated rings. The Kier molecular flexibility index (Phi) is 5.82. The van der Waals surface area contributed by atoms with Gasteiger partial charge in [0.05, 0.1) is 41.5 Å². The van der Waals surface area contributed by atoms with E-state index in [0.717, 1.165) is 27.8 Å². The van der Waals surface area contributed by atoms with Crippen LogP contribution in [0.3, 0.4) is 0 Å². The van der Waals surface area contributed by atoms with Gasteiger partial charge in [-0.25, -0.2) is 4.79 Å². The molecule has 9 nitrogen and oxygen atoms in total. The maximum atomic E-state index is 13.2. The van der Waals surface area contributed by atoms with Gasteiger partial charge in [-0.3, -0.25) is 23.9 Å². The Morgan fingerprint density at radius 3 is 2.76 bits per heavy atom. The van der Waals surface area contributed by atoms with Gasteiger partial charge >= 0.3 is 5.69 Å². The number of hydrogen-bond acceptors (Lipinski definition) is 5. The van der Waals surface area contributed by atoms with Gasteiger partial charge in [0, 0.05) is 37.7 Å². The summed E-state index contributed by atoms with van der Waals surface area (Å²) in [6, 6.07) is 5.77. The zero-order chi connectivity index (χ0) is 23.9. The number of nitrogens with two attached hydrogens (primary N) is 1. The van der Waals surface area contributed by atoms with Crippen LogP contribution in [0, 0.1) is 5.41 Å². The molecule has 0 saturated carbocycles. The molecule has 1 unspecified atom stereocenters. The first kappa shape index (κ1) is 22.3. The Balaban J connectivity index is 1.96. The molecule has 0 spiro atoms. The number of rotatable bonds is 5. The third kappa shape index (κ3) is 3.91. The fourth-order valence-corrected chi connectivity index (χ4v) is 4.23. The number of imidazole rings is 1. The smallest absolute Gasteiger partial charge is 0.333 e. The standard InChI is InChI=1S/C24H27N7O2/c1-13(25)21(11-26-4)31-23-18-8-16(17-9-20(29-15(3)32)14(2)27-10-17)6-7-19(18)28-12-22(23)30(5)24(31)33/h6-8,10-12,20,25-26H,9H2,1-5H3,(H,29,32)/p+1. The second kappa shape index (κ2) is 8.59. The first-order valence-corrected chi connectivity index (χ1v) is 10.8. The lowest BCUT2D eigenvalue weighted by molar-refractivity contribution is -0.555. The van der Waals surface area contributed by atoms with Crippen molar-refractivity contribution < 1.29 is 10.1 Å². The highest BCUT2D eigenvalue weighted by molar-refractivity contribution is 6.18. The van der Waals surface area contributed by atoms with Gasteiger partial charge in [-0.1, -0.05) is 6.07 Å². The van der Waals surface area contributed by atoms with Gasteiger partial charge in [-0.15, -0.1) is 0 Å². The molecule has 1 amide bonds. The predicted octanol–water partition coefficient (Wildman–Crippen LogP) is 1.63. The molecule has 0 bridgehead atoms. The van der Waals surface area contributed by atoms with Gasteiger partial charge in [-0.2, -0.15) is 0 Å². The van der Waals surface area contributed by atoms with Gasteiger partial charge in [0.15, 0.2) is 0 Å². The zero-order valence-corrected chi connectivity index (χ0v) is 19.4. The SMILES string of the molecule is C[NH2+]C=C(C(C)=N)n1c(=O)n(C)c2cnc3ccc(C4=CN=C(C)C(NC(C)=O)C4)cc3c21. The summed E-state index contributed by atoms with van der Waals surface area (Å²) >= 11 is 0. The van der Waals surface area contributed by atoms with Gasteiger partial charge in [0.25, 0.3) is 0 Å². The fourth-order valence-electron chi connectivity index (χ4n) is 4.23. The van der Waals surface area contributed by atoms with Gasteiger partial charge in [0.2, 0.25) is 5.91 Å². The number of hydrogen-bond donors (Lipinski definition) is 3. The molecule has 0 saturated heterocycles. The number of allylic oxidation sites excluding steroid dienone is 1. The topological polar surface area (TPSA) is 122 Å². The highest BCUT2D eigenvalue weighted by Gasteiger charge is 2.22. The number of aliphatic imine (C=N–C) groups is 1. The van der Waals surface area contributed by atoms with Crippen molar-refractivity contribution in [2.75, 3.05) is 7.05 Å². The highest BCUT2D eigenvalue weighted by atomic mass is 16.2. The van der Waals surface area contributed by atoms with E-state index in [0.29, 0.717) is 28.9 Å². The number of amides is 1. The summed E-state index contributed by atoms with van der Waals surface area (Å²) in [6.45, 7) is 5.08. The predicted molar refractivity (Wildman–Crippen MR) is 131 cm³/mol. The number of pyridine rings is 1. The van der Waals surface area contributed by atoms with Crippen molar-refractivity contribution in [3.05, 3.63) is 52.8 Å². The third-order valence-corrected chi connectivity index (χ3v) is 5.93. The lowest BCUT2D eigenvalue weighted by Gasteiger charge is -2.23. The third-order valence-electron chi connectivity index (χ3n) is 5.93. The number of nitrogens with one attached hydrogen (secondary N) is 2. The molecule has 9 heteroatoms. The van der Waals surface area contributed by atoms with Crippen molar-refractivity contribution in [2.24, 2.45) is 12.0 Å². The molecule has 1 atom stereocenters. The Morgan fingerprint density at radius 2 is 2.09 bits per heavy atom. The molecule has 0 aliphatic carbocycles. The van der Waals surface area contributed by atoms with Crippen molar-refractivity contribution in [1.82, 2.24) is 19.4 Å². The average molecular weight is 447 g/mol. The second-order valence-corrected chi connectivity index (χ2v) is 8.29. The lowest BCUT2D eigenvalue weighted by Crippen LogP contribution is -2.73. The minimum Gasteiger partial charge on any atom is -0.348 e. The summed E-state index contributed by atoms with van der Waals surface area (Å²) in [5, 5.41) is 13.8. The van der Waals surface area contributed by atoms with E-state index in [4.69, 9.17) is 5.41 Å². The van der Waals surface area contributed by atoms with Crippen molar-refractivity contribution >= 4 is 50.5 Å². The molecule has 2 aromatic heterocycles. The molecule has 1 aliphatic rings. The summed E-state index contributed by atoms with van der Waals surface area (Å²) in [6.07, 6.45) is 5.93. The van der Waals surface area contributed by atoms with Crippen LogP contribution in [-0.2, 0) is 11.8 Å². The second-order valence-electron chi connectivity index (χ2n) is 8.29. The number of carbonyl (C=O) groups is 1. The van der Waals surface area contributed by atoms with E-state index in [-0.39, 0.29) is 17.6 Å². The Labute approximate surface area is 191 Å². The monoisotopic (exact) mass is 446 g/mol. The van der Waals surface area contributed by atoms with Crippen LogP contribution in [0.15, 0.2) is 46.6 Å². The van der Waals surface area contributed by atoms with E-state index < -0.39 is 0 Å². The van der Waals surface area contributed by atoms with E-state index in [1.54, 1.807) is 35.5 Å². The summed E-state index contributed by atoms with van der Waals surface area (Å²) < 4.78 is 3.14. The molecule has 1 aliphatic heterocycles. The largest absolute Gasteiger partial charge is 0.348 e. The lowest BCUT2D eigenvalue weighted by atomic mass is 9.94. The van der Waals surface area contributed by atoms with E-state index in [1.165, 1.54) is 6.92 Å². The van der Waals surface area contributed by atoms with Gasteiger partial charge in [0.1, 0.15) is 11.9 Å². The molecule has 4 N–H and O–H groups in total. The summed E-state index contributed by atoms with van der Waals surface area (Å²) in [5.41, 5.74) is 5.54. The maximum absolute atomic E-state index is 13.2. The van der Waals surface area contributed by atoms with Crippen molar-refractivity contribution in [3.63, 3.8) is 0 Å². The highest BCUT2D eigenvalue weighted by Crippen LogP contribution is 2.30. The number of fused-ring (bicyclic) bond motifs is 3. The van der Waals surface area contributed by atoms with Crippen LogP contribution in [0.5, 0.6) is 0 Å². The van der Waals surface area contributed by atoms with Gasteiger partial charge in [-0.05, 0) is 37.1 Å². The van der Waals surface area contributed by atoms with Crippen molar-refractivity contribution in [3.8, 4) is 0 Å². The summed E-state index contributed by atoms with van der Waals surface area (Å²) in [5.74, 6) is -0.0948. The first-order valence-electron chi connectivity index (χ1n) is 10.8. The van der Waals surface area contributed by atoms with Crippen LogP contribution in [0.25, 0.3) is 33.2 Å². The molecular formula is C24H28N7O2+. The molecule has 33 heavy (non-hydrogen) atoms. The first-order chi connectivity index (χ1) is 15.7. The molecular weight excluding hydrogens is 418 g/mol. The van der Waals surface area contributed by atoms with Crippen LogP contribution < -0.4 is 16.3 Å². The van der Waals surface area contributed by atoms with Crippen molar-refractivity contribution in [1.29, 1.82) is 5.41 Å². The van der Waals surface area contributed by atoms with E-state index in [2.05, 4.69) is 15.3 Å². The van der Waals surface area contributed by atoms with E-state index in [1.807, 2.05) is 43.7 Å². The molecule has 170 valence electrons. The summed E-state index contributed by atoms with van der Waals surface area (Å²) in [4.78, 5) is 33.9. The van der Waals surface area contributed by atoms with E-state index in [9.17, 15) is 9.59 Å². The number of nitrogens with zero attached hydrogens (tertiary/aromatic N) is 4. The zero-order valence-electron chi connectivity index (χ0n) is 19.4. The fraction of sp³-hybridized carbons (Fsp3) is 0.292. The normalized spacial score (nSPS) is 16.6. The minimum absolute atomic E-state index is 0.0948. The van der Waals surface area contributed by atoms with Crippen LogP contribution >= 0.6 is 0 Å². The number of aromatic nitrogens is 3. The molecule has 0 radical (unpaired) electrons. The quantitative estimate of drug-likeness (QED) is 0.516. The summed E-state index contributed by atoms with van der Waals surface area (Å²) in [7, 11) is 3.57. The number of aryl methyl sites for hydroxylation is 1. The average Bonchev–Trinajstić information content (AvgIpc) is 3.03. The molecule has 3 heterocycles. The van der Waals surface area contributed by atoms with E-state index >= 15 is 0 Å². The minimum atomic E-state index is -0.229. The molecule has 3 aromatic rings. The van der Waals surface area contributed by atoms with Crippen LogP contribution in [0.1, 0.15) is 32.8 Å². The van der Waals surface area contributed by atoms with Crippen LogP contribution in [0.2, 0.25) is 0 Å². The van der Waals surface area contributed by atoms with Crippen LogP contribution in [0.4, 0.5) is 0 Å². The van der Waals surface area contributed by atoms with Gasteiger partial charge < -0.3 is 16.0 Å². The number of carbonyl (C=O) groups excluding carboxylic acids is 1. The molecule has 1 aromatic carbocycles. The Morgan fingerprint density at radius 1 is 1.33 bits per heavy atom.